The van der Waals surface area contributed by atoms with Crippen LogP contribution in [0.4, 0.5) is 8.78 Å². The molecule has 4 rings (SSSR count). The van der Waals surface area contributed by atoms with Gasteiger partial charge >= 0.3 is 0 Å². The molecule has 3 aromatic carbocycles. The SMILES string of the molecule is N#Cc1ccc(C(=O)N/N=C\c2cn(Cc3ccc(F)cc3)c3ccccc23)c(F)c1. The molecule has 0 aliphatic rings. The normalized spacial score (nSPS) is 11.0. The summed E-state index contributed by atoms with van der Waals surface area (Å²) in [6.07, 6.45) is 3.37. The number of carbonyl (C=O) groups is 1. The van der Waals surface area contributed by atoms with Crippen LogP contribution >= 0.6 is 0 Å². The minimum Gasteiger partial charge on any atom is -0.342 e. The third-order valence-electron chi connectivity index (χ3n) is 4.80. The predicted octanol–water partition coefficient (Wildman–Crippen LogP) is 4.60. The average Bonchev–Trinajstić information content (AvgIpc) is 3.12. The van der Waals surface area contributed by atoms with Crippen molar-refractivity contribution in [1.29, 1.82) is 5.26 Å². The van der Waals surface area contributed by atoms with Crippen LogP contribution in [0.3, 0.4) is 0 Å². The number of para-hydroxylation sites is 1. The third kappa shape index (κ3) is 4.33. The Morgan fingerprint density at radius 1 is 1.10 bits per heavy atom. The van der Waals surface area contributed by atoms with Gasteiger partial charge in [-0.15, -0.1) is 0 Å². The summed E-state index contributed by atoms with van der Waals surface area (Å²) >= 11 is 0. The van der Waals surface area contributed by atoms with Crippen molar-refractivity contribution in [2.24, 2.45) is 5.10 Å². The number of amides is 1. The van der Waals surface area contributed by atoms with Crippen LogP contribution < -0.4 is 5.43 Å². The molecule has 0 saturated heterocycles. The van der Waals surface area contributed by atoms with E-state index in [2.05, 4.69) is 10.5 Å². The Hall–Kier alpha value is -4.31. The highest BCUT2D eigenvalue weighted by atomic mass is 19.1. The van der Waals surface area contributed by atoms with E-state index in [0.717, 1.165) is 28.1 Å². The quantitative estimate of drug-likeness (QED) is 0.383. The molecule has 0 aliphatic heterocycles. The predicted molar refractivity (Wildman–Crippen MR) is 114 cm³/mol. The number of nitrogens with zero attached hydrogens (tertiary/aromatic N) is 3. The molecular weight excluding hydrogens is 398 g/mol. The summed E-state index contributed by atoms with van der Waals surface area (Å²) < 4.78 is 29.2. The summed E-state index contributed by atoms with van der Waals surface area (Å²) in [4.78, 5) is 12.2. The second-order valence-corrected chi connectivity index (χ2v) is 6.86. The molecule has 1 heterocycles. The van der Waals surface area contributed by atoms with Gasteiger partial charge in [0, 0.05) is 29.2 Å². The van der Waals surface area contributed by atoms with Crippen LogP contribution in [0.1, 0.15) is 27.0 Å². The lowest BCUT2D eigenvalue weighted by Crippen LogP contribution is -2.19. The molecule has 0 spiro atoms. The number of nitrogens with one attached hydrogen (secondary N) is 1. The van der Waals surface area contributed by atoms with Crippen molar-refractivity contribution in [2.45, 2.75) is 6.54 Å². The van der Waals surface area contributed by atoms with Gasteiger partial charge in [0.05, 0.1) is 23.4 Å². The number of halogens is 2. The summed E-state index contributed by atoms with van der Waals surface area (Å²) in [7, 11) is 0. The van der Waals surface area contributed by atoms with Crippen molar-refractivity contribution < 1.29 is 13.6 Å². The number of carbonyl (C=O) groups excluding carboxylic acids is 1. The molecule has 0 saturated carbocycles. The zero-order valence-electron chi connectivity index (χ0n) is 16.2. The van der Waals surface area contributed by atoms with Crippen molar-refractivity contribution >= 4 is 23.0 Å². The van der Waals surface area contributed by atoms with Gasteiger partial charge in [0.2, 0.25) is 0 Å². The molecule has 4 aromatic rings. The monoisotopic (exact) mass is 414 g/mol. The first-order chi connectivity index (χ1) is 15.0. The molecule has 0 bridgehead atoms. The van der Waals surface area contributed by atoms with Crippen molar-refractivity contribution in [3.05, 3.63) is 107 Å². The van der Waals surface area contributed by atoms with Crippen LogP contribution in [-0.2, 0) is 6.54 Å². The molecule has 1 N–H and O–H groups in total. The second-order valence-electron chi connectivity index (χ2n) is 6.86. The number of hydrogen-bond acceptors (Lipinski definition) is 3. The maximum atomic E-state index is 14.0. The average molecular weight is 414 g/mol. The van der Waals surface area contributed by atoms with Gasteiger partial charge in [-0.1, -0.05) is 30.3 Å². The first-order valence-electron chi connectivity index (χ1n) is 9.40. The van der Waals surface area contributed by atoms with Gasteiger partial charge < -0.3 is 4.57 Å². The smallest absolute Gasteiger partial charge is 0.274 e. The zero-order valence-corrected chi connectivity index (χ0v) is 16.2. The van der Waals surface area contributed by atoms with E-state index >= 15 is 0 Å². The summed E-state index contributed by atoms with van der Waals surface area (Å²) in [6, 6.07) is 19.4. The molecule has 0 fully saturated rings. The van der Waals surface area contributed by atoms with E-state index in [1.54, 1.807) is 12.1 Å². The number of nitriles is 1. The minimum atomic E-state index is -0.789. The molecule has 31 heavy (non-hydrogen) atoms. The first kappa shape index (κ1) is 20.0. The Bertz CT molecular complexity index is 1330. The Kier molecular flexibility index (Phi) is 5.54. The second kappa shape index (κ2) is 8.59. The van der Waals surface area contributed by atoms with Gasteiger partial charge in [-0.25, -0.2) is 14.2 Å². The summed E-state index contributed by atoms with van der Waals surface area (Å²) in [6.45, 7) is 0.539. The molecule has 0 unspecified atom stereocenters. The maximum absolute atomic E-state index is 14.0. The lowest BCUT2D eigenvalue weighted by Gasteiger charge is -2.05. The highest BCUT2D eigenvalue weighted by Crippen LogP contribution is 2.21. The fourth-order valence-corrected chi connectivity index (χ4v) is 3.28. The lowest BCUT2D eigenvalue weighted by atomic mass is 10.1. The highest BCUT2D eigenvalue weighted by molar-refractivity contribution is 6.00. The summed E-state index contributed by atoms with van der Waals surface area (Å²) in [5.41, 5.74) is 4.90. The van der Waals surface area contributed by atoms with Crippen LogP contribution in [-0.4, -0.2) is 16.7 Å². The van der Waals surface area contributed by atoms with E-state index < -0.39 is 11.7 Å². The number of aromatic nitrogens is 1. The zero-order chi connectivity index (χ0) is 21.8. The van der Waals surface area contributed by atoms with Crippen molar-refractivity contribution in [2.75, 3.05) is 0 Å². The van der Waals surface area contributed by atoms with Gasteiger partial charge in [0.25, 0.3) is 5.91 Å². The number of benzene rings is 3. The van der Waals surface area contributed by atoms with Gasteiger partial charge in [-0.3, -0.25) is 4.79 Å². The van der Waals surface area contributed by atoms with Gasteiger partial charge in [-0.2, -0.15) is 10.4 Å². The standard InChI is InChI=1S/C24H16F2N4O/c25-19-8-5-16(6-9-19)14-30-15-18(20-3-1-2-4-23(20)30)13-28-29-24(31)21-10-7-17(12-27)11-22(21)26/h1-11,13,15H,14H2,(H,29,31)/b28-13-. The molecule has 7 heteroatoms. The van der Waals surface area contributed by atoms with E-state index in [1.807, 2.05) is 41.1 Å². The van der Waals surface area contributed by atoms with Crippen LogP contribution in [0, 0.1) is 23.0 Å². The first-order valence-corrected chi connectivity index (χ1v) is 9.40. The molecular formula is C24H16F2N4O. The van der Waals surface area contributed by atoms with Crippen LogP contribution in [0.25, 0.3) is 10.9 Å². The number of fused-ring (bicyclic) bond motifs is 1. The van der Waals surface area contributed by atoms with E-state index in [0.29, 0.717) is 6.54 Å². The maximum Gasteiger partial charge on any atom is 0.274 e. The molecule has 5 nitrogen and oxygen atoms in total. The molecule has 1 aromatic heterocycles. The fraction of sp³-hybridized carbons (Fsp3) is 0.0417. The van der Waals surface area contributed by atoms with Crippen molar-refractivity contribution in [1.82, 2.24) is 9.99 Å². The molecule has 0 radical (unpaired) electrons. The summed E-state index contributed by atoms with van der Waals surface area (Å²) in [5.74, 6) is -1.79. The Morgan fingerprint density at radius 2 is 1.87 bits per heavy atom. The molecule has 1 amide bonds. The fourth-order valence-electron chi connectivity index (χ4n) is 3.28. The number of hydrogen-bond donors (Lipinski definition) is 1. The van der Waals surface area contributed by atoms with E-state index in [4.69, 9.17) is 5.26 Å². The van der Waals surface area contributed by atoms with Gasteiger partial charge in [0.15, 0.2) is 0 Å². The minimum absolute atomic E-state index is 0.131. The lowest BCUT2D eigenvalue weighted by molar-refractivity contribution is 0.0951. The Labute approximate surface area is 176 Å². The largest absolute Gasteiger partial charge is 0.342 e. The Morgan fingerprint density at radius 3 is 2.61 bits per heavy atom. The topological polar surface area (TPSA) is 70.2 Å². The molecule has 0 atom stereocenters. The van der Waals surface area contributed by atoms with E-state index in [1.165, 1.54) is 30.5 Å². The van der Waals surface area contributed by atoms with E-state index in [9.17, 15) is 13.6 Å². The van der Waals surface area contributed by atoms with Gasteiger partial charge in [0.1, 0.15) is 11.6 Å². The summed E-state index contributed by atoms with van der Waals surface area (Å²) in [5, 5.41) is 13.7. The number of hydrazone groups is 1. The number of rotatable bonds is 5. The van der Waals surface area contributed by atoms with Crippen LogP contribution in [0.15, 0.2) is 78.0 Å². The van der Waals surface area contributed by atoms with Crippen LogP contribution in [0.2, 0.25) is 0 Å². The van der Waals surface area contributed by atoms with Crippen molar-refractivity contribution in [3.8, 4) is 6.07 Å². The van der Waals surface area contributed by atoms with Crippen LogP contribution in [0.5, 0.6) is 0 Å². The van der Waals surface area contributed by atoms with Crippen molar-refractivity contribution in [3.63, 3.8) is 0 Å². The third-order valence-corrected chi connectivity index (χ3v) is 4.80. The highest BCUT2D eigenvalue weighted by Gasteiger charge is 2.12. The van der Waals surface area contributed by atoms with Gasteiger partial charge in [-0.05, 0) is 42.0 Å². The Balaban J connectivity index is 1.56. The molecule has 0 aliphatic carbocycles. The molecule has 152 valence electrons. The van der Waals surface area contributed by atoms with E-state index in [-0.39, 0.29) is 16.9 Å².